The Morgan fingerprint density at radius 1 is 1.03 bits per heavy atom. The molecule has 2 aromatic carbocycles. The van der Waals surface area contributed by atoms with Gasteiger partial charge in [0, 0.05) is 17.7 Å². The summed E-state index contributed by atoms with van der Waals surface area (Å²) >= 11 is 0. The van der Waals surface area contributed by atoms with Crippen LogP contribution in [0.2, 0.25) is 0 Å². The molecule has 2 aromatic rings. The fourth-order valence-corrected chi connectivity index (χ4v) is 3.66. The minimum Gasteiger partial charge on any atom is -0.493 e. The molecule has 0 saturated carbocycles. The topological polar surface area (TPSA) is 129 Å². The first kappa shape index (κ1) is 25.5. The number of esters is 1. The van der Waals surface area contributed by atoms with Crippen molar-refractivity contribution in [3.05, 3.63) is 69.3 Å². The van der Waals surface area contributed by atoms with E-state index in [1.54, 1.807) is 31.2 Å². The first-order valence-corrected chi connectivity index (χ1v) is 11.5. The van der Waals surface area contributed by atoms with Crippen molar-refractivity contribution in [2.75, 3.05) is 19.8 Å². The van der Waals surface area contributed by atoms with Gasteiger partial charge in [0.2, 0.25) is 5.75 Å². The maximum Gasteiger partial charge on any atom is 0.338 e. The van der Waals surface area contributed by atoms with Gasteiger partial charge in [-0.3, -0.25) is 10.1 Å². The first-order valence-electron chi connectivity index (χ1n) is 11.5. The lowest BCUT2D eigenvalue weighted by atomic mass is 9.91. The van der Waals surface area contributed by atoms with Crippen LogP contribution in [0.5, 0.6) is 11.5 Å². The van der Waals surface area contributed by atoms with E-state index in [1.807, 2.05) is 19.9 Å². The monoisotopic (exact) mass is 483 g/mol. The number of carbonyl (C=O) groups excluding carboxylic acids is 2. The molecule has 0 aliphatic carbocycles. The van der Waals surface area contributed by atoms with Gasteiger partial charge in [-0.2, -0.15) is 0 Å². The third kappa shape index (κ3) is 5.89. The number of nitro benzene ring substituents is 1. The number of hydrogen-bond donors (Lipinski definition) is 2. The summed E-state index contributed by atoms with van der Waals surface area (Å²) in [5.41, 5.74) is 0.905. The Balaban J connectivity index is 2.27. The molecular formula is C25H29N3O7. The van der Waals surface area contributed by atoms with Crippen molar-refractivity contribution in [2.45, 2.75) is 39.7 Å². The summed E-state index contributed by atoms with van der Waals surface area (Å²) in [6, 6.07) is 9.94. The number of benzene rings is 2. The number of nitrogens with one attached hydrogen (secondary N) is 2. The second-order valence-electron chi connectivity index (χ2n) is 7.72. The maximum absolute atomic E-state index is 13.2. The number of nitro groups is 1. The summed E-state index contributed by atoms with van der Waals surface area (Å²) < 4.78 is 16.8. The summed E-state index contributed by atoms with van der Waals surface area (Å²) in [4.78, 5) is 37.2. The molecule has 186 valence electrons. The van der Waals surface area contributed by atoms with Gasteiger partial charge in [0.15, 0.2) is 0 Å². The van der Waals surface area contributed by atoms with Gasteiger partial charge in [-0.25, -0.2) is 9.59 Å². The van der Waals surface area contributed by atoms with Gasteiger partial charge in [-0.05, 0) is 25.3 Å². The van der Waals surface area contributed by atoms with Gasteiger partial charge < -0.3 is 24.8 Å². The van der Waals surface area contributed by atoms with Crippen LogP contribution in [0.4, 0.5) is 10.5 Å². The minimum atomic E-state index is -1.07. The quantitative estimate of drug-likeness (QED) is 0.273. The van der Waals surface area contributed by atoms with Crippen molar-refractivity contribution in [3.8, 4) is 11.5 Å². The fourth-order valence-electron chi connectivity index (χ4n) is 3.66. The summed E-state index contributed by atoms with van der Waals surface area (Å²) in [5.74, 6) is -0.346. The highest BCUT2D eigenvalue weighted by atomic mass is 16.6. The predicted molar refractivity (Wildman–Crippen MR) is 129 cm³/mol. The number of hydrogen-bond acceptors (Lipinski definition) is 7. The summed E-state index contributed by atoms with van der Waals surface area (Å²) in [6.07, 6.45) is 1.33. The Labute approximate surface area is 203 Å². The van der Waals surface area contributed by atoms with Crippen LogP contribution in [0.15, 0.2) is 48.0 Å². The average molecular weight is 484 g/mol. The average Bonchev–Trinajstić information content (AvgIpc) is 2.85. The van der Waals surface area contributed by atoms with E-state index >= 15 is 0 Å². The van der Waals surface area contributed by atoms with Gasteiger partial charge >= 0.3 is 17.7 Å². The number of nitrogens with zero attached hydrogens (tertiary/aromatic N) is 1. The van der Waals surface area contributed by atoms with Crippen LogP contribution in [-0.4, -0.2) is 36.7 Å². The fraction of sp³-hybridized carbons (Fsp3) is 0.360. The number of amides is 2. The molecule has 1 aliphatic rings. The molecule has 0 radical (unpaired) electrons. The maximum atomic E-state index is 13.2. The van der Waals surface area contributed by atoms with E-state index < -0.39 is 23.0 Å². The van der Waals surface area contributed by atoms with Crippen LogP contribution >= 0.6 is 0 Å². The smallest absolute Gasteiger partial charge is 0.338 e. The lowest BCUT2D eigenvalue weighted by Crippen LogP contribution is -2.45. The van der Waals surface area contributed by atoms with Crippen molar-refractivity contribution in [2.24, 2.45) is 0 Å². The van der Waals surface area contributed by atoms with Gasteiger partial charge in [0.05, 0.1) is 42.1 Å². The molecule has 0 bridgehead atoms. The predicted octanol–water partition coefficient (Wildman–Crippen LogP) is 4.50. The van der Waals surface area contributed by atoms with Gasteiger partial charge in [-0.1, -0.05) is 44.2 Å². The van der Waals surface area contributed by atoms with Gasteiger partial charge in [0.25, 0.3) is 0 Å². The molecule has 2 amide bonds. The van der Waals surface area contributed by atoms with Crippen molar-refractivity contribution in [1.29, 1.82) is 0 Å². The molecule has 3 rings (SSSR count). The van der Waals surface area contributed by atoms with Crippen LogP contribution < -0.4 is 20.1 Å². The van der Waals surface area contributed by atoms with Crippen LogP contribution in [0.25, 0.3) is 5.70 Å². The van der Waals surface area contributed by atoms with Gasteiger partial charge in [-0.15, -0.1) is 0 Å². The highest BCUT2D eigenvalue weighted by Crippen LogP contribution is 2.42. The molecule has 1 atom stereocenters. The summed E-state index contributed by atoms with van der Waals surface area (Å²) in [6.45, 7) is 6.19. The van der Waals surface area contributed by atoms with Crippen LogP contribution in [-0.2, 0) is 9.53 Å². The zero-order valence-corrected chi connectivity index (χ0v) is 20.0. The van der Waals surface area contributed by atoms with Crippen LogP contribution in [0.1, 0.15) is 50.8 Å². The lowest BCUT2D eigenvalue weighted by molar-refractivity contribution is -0.386. The zero-order valence-electron chi connectivity index (χ0n) is 20.0. The molecule has 0 fully saturated rings. The van der Waals surface area contributed by atoms with Crippen LogP contribution in [0, 0.1) is 10.1 Å². The van der Waals surface area contributed by atoms with E-state index in [-0.39, 0.29) is 47.2 Å². The molecule has 10 heteroatoms. The first-order chi connectivity index (χ1) is 16.9. The molecule has 35 heavy (non-hydrogen) atoms. The number of rotatable bonds is 11. The number of ether oxygens (including phenoxy) is 3. The Morgan fingerprint density at radius 3 is 2.29 bits per heavy atom. The molecule has 1 heterocycles. The Bertz CT molecular complexity index is 1120. The van der Waals surface area contributed by atoms with E-state index in [2.05, 4.69) is 10.6 Å². The highest BCUT2D eigenvalue weighted by molar-refractivity contribution is 6.04. The zero-order chi connectivity index (χ0) is 25.4. The normalized spacial score (nSPS) is 15.2. The molecule has 2 N–H and O–H groups in total. The van der Waals surface area contributed by atoms with Crippen molar-refractivity contribution < 1.29 is 28.7 Å². The molecule has 1 unspecified atom stereocenters. The molecular weight excluding hydrogens is 454 g/mol. The Morgan fingerprint density at radius 2 is 1.69 bits per heavy atom. The Kier molecular flexibility index (Phi) is 8.66. The molecule has 0 saturated heterocycles. The van der Waals surface area contributed by atoms with E-state index in [9.17, 15) is 19.7 Å². The van der Waals surface area contributed by atoms with E-state index in [0.717, 1.165) is 0 Å². The molecule has 10 nitrogen and oxygen atoms in total. The lowest BCUT2D eigenvalue weighted by Gasteiger charge is -2.30. The molecule has 0 aromatic heterocycles. The van der Waals surface area contributed by atoms with E-state index in [1.165, 1.54) is 12.1 Å². The molecule has 0 spiro atoms. The standard InChI is InChI=1S/C25H29N3O7/c1-4-12-34-19-15-20(35-13-5-2)18(28(31)32)14-17(19)23-21(24(29)33-6-3)22(26-25(30)27-23)16-10-8-7-9-11-16/h7-11,14-15,23H,4-6,12-13H2,1-3H3,(H2,26,27,30). The minimum absolute atomic E-state index is 0.0527. The highest BCUT2D eigenvalue weighted by Gasteiger charge is 2.37. The van der Waals surface area contributed by atoms with E-state index in [0.29, 0.717) is 25.0 Å². The summed E-state index contributed by atoms with van der Waals surface area (Å²) in [5, 5.41) is 17.3. The number of carbonyl (C=O) groups is 2. The van der Waals surface area contributed by atoms with E-state index in [4.69, 9.17) is 14.2 Å². The largest absolute Gasteiger partial charge is 0.493 e. The SMILES string of the molecule is CCCOc1cc(OCCC)c([N+](=O)[O-])cc1C1NC(=O)NC(c2ccccc2)=C1C(=O)OCC. The second kappa shape index (κ2) is 11.9. The van der Waals surface area contributed by atoms with Crippen molar-refractivity contribution >= 4 is 23.4 Å². The second-order valence-corrected chi connectivity index (χ2v) is 7.72. The van der Waals surface area contributed by atoms with Gasteiger partial charge in [0.1, 0.15) is 5.75 Å². The number of urea groups is 1. The third-order valence-corrected chi connectivity index (χ3v) is 5.15. The van der Waals surface area contributed by atoms with Crippen LogP contribution in [0.3, 0.4) is 0 Å². The Hall–Kier alpha value is -4.08. The molecule has 1 aliphatic heterocycles. The van der Waals surface area contributed by atoms with Crippen molar-refractivity contribution in [1.82, 2.24) is 10.6 Å². The summed E-state index contributed by atoms with van der Waals surface area (Å²) in [7, 11) is 0. The van der Waals surface area contributed by atoms with Crippen molar-refractivity contribution in [3.63, 3.8) is 0 Å². The third-order valence-electron chi connectivity index (χ3n) is 5.15.